The molecule has 1 saturated carbocycles. The molecule has 0 saturated heterocycles. The molecule has 1 fully saturated rings. The number of benzene rings is 2. The van der Waals surface area contributed by atoms with Crippen molar-refractivity contribution >= 4 is 11.6 Å². The molecule has 0 aromatic heterocycles. The number of halogens is 2. The summed E-state index contributed by atoms with van der Waals surface area (Å²) in [4.78, 5) is 0. The number of hydrogen-bond donors (Lipinski definition) is 1. The fourth-order valence-electron chi connectivity index (χ4n) is 3.24. The molecule has 2 aromatic rings. The number of rotatable bonds is 5. The molecule has 1 aliphatic carbocycles. The Hall–Kier alpha value is -1.38. The molecule has 0 amide bonds. The van der Waals surface area contributed by atoms with Gasteiger partial charge in [0.25, 0.3) is 0 Å². The van der Waals surface area contributed by atoms with Crippen LogP contribution in [0.1, 0.15) is 24.0 Å². The Balaban J connectivity index is 1.88. The molecule has 0 radical (unpaired) electrons. The first-order valence-corrected chi connectivity index (χ1v) is 7.70. The molecule has 0 spiro atoms. The molecular weight excluding hydrogens is 285 g/mol. The average molecular weight is 304 g/mol. The zero-order valence-electron chi connectivity index (χ0n) is 12.1. The second-order valence-corrected chi connectivity index (χ2v) is 6.21. The van der Waals surface area contributed by atoms with Gasteiger partial charge in [0, 0.05) is 16.5 Å². The second-order valence-electron chi connectivity index (χ2n) is 5.80. The van der Waals surface area contributed by atoms with Crippen LogP contribution in [0.4, 0.5) is 4.39 Å². The van der Waals surface area contributed by atoms with Gasteiger partial charge in [0.2, 0.25) is 0 Å². The van der Waals surface area contributed by atoms with E-state index in [0.29, 0.717) is 5.02 Å². The molecule has 3 heteroatoms. The van der Waals surface area contributed by atoms with E-state index in [4.69, 9.17) is 11.6 Å². The van der Waals surface area contributed by atoms with Gasteiger partial charge in [-0.1, -0.05) is 41.9 Å². The van der Waals surface area contributed by atoms with Crippen LogP contribution in [0.15, 0.2) is 48.5 Å². The van der Waals surface area contributed by atoms with E-state index in [2.05, 4.69) is 29.6 Å². The first kappa shape index (κ1) is 14.6. The summed E-state index contributed by atoms with van der Waals surface area (Å²) in [5.41, 5.74) is 2.39. The van der Waals surface area contributed by atoms with E-state index in [9.17, 15) is 4.39 Å². The minimum Gasteiger partial charge on any atom is -0.316 e. The summed E-state index contributed by atoms with van der Waals surface area (Å²) >= 11 is 6.22. The average Bonchev–Trinajstić information content (AvgIpc) is 3.31. The zero-order valence-corrected chi connectivity index (χ0v) is 12.8. The first-order chi connectivity index (χ1) is 10.2. The molecule has 21 heavy (non-hydrogen) atoms. The van der Waals surface area contributed by atoms with Crippen molar-refractivity contribution in [2.45, 2.75) is 30.7 Å². The third-order valence-corrected chi connectivity index (χ3v) is 4.95. The Morgan fingerprint density at radius 2 is 1.90 bits per heavy atom. The number of nitrogens with one attached hydrogen (secondary N) is 1. The van der Waals surface area contributed by atoms with Crippen LogP contribution in [0.25, 0.3) is 0 Å². The topological polar surface area (TPSA) is 12.0 Å². The monoisotopic (exact) mass is 303 g/mol. The highest BCUT2D eigenvalue weighted by molar-refractivity contribution is 6.31. The fourth-order valence-corrected chi connectivity index (χ4v) is 3.43. The smallest absolute Gasteiger partial charge is 0.123 e. The van der Waals surface area contributed by atoms with Crippen molar-refractivity contribution in [3.8, 4) is 0 Å². The molecule has 3 rings (SSSR count). The Labute approximate surface area is 130 Å². The summed E-state index contributed by atoms with van der Waals surface area (Å²) in [6.45, 7) is 0. The molecule has 2 aromatic carbocycles. The minimum atomic E-state index is -0.228. The molecular formula is C18H19ClFN. The number of likely N-dealkylation sites (N-methyl/N-ethyl adjacent to an activating group) is 1. The van der Waals surface area contributed by atoms with Crippen LogP contribution in [0.2, 0.25) is 5.02 Å². The van der Waals surface area contributed by atoms with E-state index in [0.717, 1.165) is 24.8 Å². The molecule has 1 aliphatic rings. The van der Waals surface area contributed by atoms with E-state index in [1.54, 1.807) is 12.1 Å². The van der Waals surface area contributed by atoms with Crippen molar-refractivity contribution in [3.63, 3.8) is 0 Å². The van der Waals surface area contributed by atoms with Gasteiger partial charge in [0.05, 0.1) is 0 Å². The van der Waals surface area contributed by atoms with Gasteiger partial charge in [0.1, 0.15) is 5.82 Å². The molecule has 0 bridgehead atoms. The Morgan fingerprint density at radius 3 is 2.52 bits per heavy atom. The molecule has 1 N–H and O–H groups in total. The summed E-state index contributed by atoms with van der Waals surface area (Å²) in [5.74, 6) is -0.228. The maximum atomic E-state index is 13.5. The van der Waals surface area contributed by atoms with Crippen LogP contribution in [0, 0.1) is 5.82 Å². The molecule has 0 heterocycles. The fraction of sp³-hybridized carbons (Fsp3) is 0.333. The maximum Gasteiger partial charge on any atom is 0.123 e. The van der Waals surface area contributed by atoms with Crippen molar-refractivity contribution < 1.29 is 4.39 Å². The van der Waals surface area contributed by atoms with E-state index in [1.807, 2.05) is 13.1 Å². The molecule has 0 aliphatic heterocycles. The lowest BCUT2D eigenvalue weighted by atomic mass is 9.84. The van der Waals surface area contributed by atoms with Crippen molar-refractivity contribution in [2.75, 3.05) is 7.05 Å². The van der Waals surface area contributed by atoms with E-state index in [1.165, 1.54) is 11.6 Å². The summed E-state index contributed by atoms with van der Waals surface area (Å²) in [7, 11) is 1.97. The van der Waals surface area contributed by atoms with Crippen LogP contribution in [-0.4, -0.2) is 13.1 Å². The van der Waals surface area contributed by atoms with Gasteiger partial charge in [-0.15, -0.1) is 0 Å². The largest absolute Gasteiger partial charge is 0.316 e. The van der Waals surface area contributed by atoms with Crippen molar-refractivity contribution in [1.29, 1.82) is 0 Å². The summed E-state index contributed by atoms with van der Waals surface area (Å²) in [6, 6.07) is 15.4. The third kappa shape index (κ3) is 2.83. The van der Waals surface area contributed by atoms with Crippen LogP contribution in [-0.2, 0) is 11.8 Å². The summed E-state index contributed by atoms with van der Waals surface area (Å²) in [6.07, 6.45) is 3.06. The normalized spacial score (nSPS) is 17.5. The first-order valence-electron chi connectivity index (χ1n) is 7.32. The lowest BCUT2D eigenvalue weighted by Gasteiger charge is -2.28. The highest BCUT2D eigenvalue weighted by atomic mass is 35.5. The van der Waals surface area contributed by atoms with E-state index in [-0.39, 0.29) is 17.3 Å². The van der Waals surface area contributed by atoms with Crippen molar-refractivity contribution in [1.82, 2.24) is 5.32 Å². The van der Waals surface area contributed by atoms with Gasteiger partial charge in [-0.05, 0) is 55.6 Å². The van der Waals surface area contributed by atoms with Gasteiger partial charge in [0.15, 0.2) is 0 Å². The maximum absolute atomic E-state index is 13.5. The quantitative estimate of drug-likeness (QED) is 0.866. The molecule has 1 nitrogen and oxygen atoms in total. The van der Waals surface area contributed by atoms with Crippen molar-refractivity contribution in [2.24, 2.45) is 0 Å². The molecule has 1 unspecified atom stereocenters. The highest BCUT2D eigenvalue weighted by Gasteiger charge is 2.49. The summed E-state index contributed by atoms with van der Waals surface area (Å²) in [5, 5.41) is 4.06. The molecule has 1 atom stereocenters. The van der Waals surface area contributed by atoms with Gasteiger partial charge in [-0.25, -0.2) is 4.39 Å². The van der Waals surface area contributed by atoms with Crippen LogP contribution in [0.3, 0.4) is 0 Å². The van der Waals surface area contributed by atoms with Crippen molar-refractivity contribution in [3.05, 3.63) is 70.5 Å². The van der Waals surface area contributed by atoms with Crippen LogP contribution >= 0.6 is 11.6 Å². The lowest BCUT2D eigenvalue weighted by molar-refractivity contribution is 0.442. The predicted octanol–water partition coefficient (Wildman–Crippen LogP) is 4.34. The Kier molecular flexibility index (Phi) is 4.01. The lowest BCUT2D eigenvalue weighted by Crippen LogP contribution is -2.39. The summed E-state index contributed by atoms with van der Waals surface area (Å²) < 4.78 is 13.5. The van der Waals surface area contributed by atoms with E-state index < -0.39 is 0 Å². The highest BCUT2D eigenvalue weighted by Crippen LogP contribution is 2.51. The van der Waals surface area contributed by atoms with E-state index >= 15 is 0 Å². The third-order valence-electron chi connectivity index (χ3n) is 4.58. The predicted molar refractivity (Wildman–Crippen MR) is 85.3 cm³/mol. The van der Waals surface area contributed by atoms with Gasteiger partial charge >= 0.3 is 0 Å². The standard InChI is InChI=1S/C18H19ClFN/c1-21-17(12-13-11-15(20)7-8-16(13)19)18(9-10-18)14-5-3-2-4-6-14/h2-8,11,17,21H,9-10,12H2,1H3. The zero-order chi connectivity index (χ0) is 14.9. The van der Waals surface area contributed by atoms with Crippen LogP contribution < -0.4 is 5.32 Å². The van der Waals surface area contributed by atoms with Gasteiger partial charge in [-0.3, -0.25) is 0 Å². The SMILES string of the molecule is CNC(Cc1cc(F)ccc1Cl)C1(c2ccccc2)CC1. The van der Waals surface area contributed by atoms with Gasteiger partial charge < -0.3 is 5.32 Å². The van der Waals surface area contributed by atoms with Crippen LogP contribution in [0.5, 0.6) is 0 Å². The number of hydrogen-bond acceptors (Lipinski definition) is 1. The Bertz CT molecular complexity index is 622. The Morgan fingerprint density at radius 1 is 1.19 bits per heavy atom. The minimum absolute atomic E-state index is 0.158. The molecule has 110 valence electrons. The van der Waals surface area contributed by atoms with Gasteiger partial charge in [-0.2, -0.15) is 0 Å². The second kappa shape index (κ2) is 5.78.